The summed E-state index contributed by atoms with van der Waals surface area (Å²) in [5.41, 5.74) is 2.62. The van der Waals surface area contributed by atoms with Gasteiger partial charge < -0.3 is 19.3 Å². The fraction of sp³-hybridized carbons (Fsp3) is 0.552. The summed E-state index contributed by atoms with van der Waals surface area (Å²) < 4.78 is 55.6. The molecule has 1 aliphatic heterocycles. The third kappa shape index (κ3) is 8.71. The van der Waals surface area contributed by atoms with Crippen LogP contribution in [0.3, 0.4) is 0 Å². The van der Waals surface area contributed by atoms with Crippen molar-refractivity contribution in [1.82, 2.24) is 4.90 Å². The Hall–Kier alpha value is -2.62. The number of benzene rings is 2. The molecule has 1 aliphatic rings. The van der Waals surface area contributed by atoms with Crippen LogP contribution in [-0.2, 0) is 27.1 Å². The number of aliphatic hydroxyl groups is 1. The van der Waals surface area contributed by atoms with Gasteiger partial charge in [0.2, 0.25) is 0 Å². The zero-order chi connectivity index (χ0) is 27.7. The predicted molar refractivity (Wildman–Crippen MR) is 138 cm³/mol. The highest BCUT2D eigenvalue weighted by Crippen LogP contribution is 2.31. The SMILES string of the molecule is CCOC(=O)CCc1c(OC(F)F)cccc1[C@@H](C)OC[C@H](O)CN1CCC[C@H]1Cc1ccc(C)c(F)c1. The molecule has 0 amide bonds. The maximum absolute atomic E-state index is 14.0. The standard InChI is InChI=1S/C29H38F3NO5/c1-4-36-28(35)13-12-25-24(8-5-9-27(25)38-29(31)32)20(3)37-18-23(34)17-33-14-6-7-22(33)15-21-11-10-19(2)26(30)16-21/h5,8-11,16,20,22-23,29,34H,4,6-7,12-15,17-18H2,1-3H3/t20-,22+,23-/m1/s1. The van der Waals surface area contributed by atoms with E-state index in [1.54, 1.807) is 45.0 Å². The quantitative estimate of drug-likeness (QED) is 0.327. The first-order valence-electron chi connectivity index (χ1n) is 13.2. The minimum Gasteiger partial charge on any atom is -0.466 e. The molecule has 0 saturated carbocycles. The molecule has 1 fully saturated rings. The second-order valence-corrected chi connectivity index (χ2v) is 9.72. The molecule has 0 bridgehead atoms. The van der Waals surface area contributed by atoms with E-state index >= 15 is 0 Å². The van der Waals surface area contributed by atoms with Crippen LogP contribution in [0.15, 0.2) is 36.4 Å². The van der Waals surface area contributed by atoms with Crippen molar-refractivity contribution in [3.63, 3.8) is 0 Å². The van der Waals surface area contributed by atoms with Crippen LogP contribution < -0.4 is 4.74 Å². The molecule has 3 atom stereocenters. The molecule has 9 heteroatoms. The monoisotopic (exact) mass is 537 g/mol. The highest BCUT2D eigenvalue weighted by molar-refractivity contribution is 5.70. The molecule has 0 aliphatic carbocycles. The number of rotatable bonds is 14. The Morgan fingerprint density at radius 2 is 2.03 bits per heavy atom. The average Bonchev–Trinajstić information content (AvgIpc) is 3.29. The van der Waals surface area contributed by atoms with Crippen LogP contribution in [-0.4, -0.2) is 61.0 Å². The lowest BCUT2D eigenvalue weighted by Crippen LogP contribution is -2.39. The van der Waals surface area contributed by atoms with Crippen LogP contribution in [0.4, 0.5) is 13.2 Å². The maximum atomic E-state index is 14.0. The Balaban J connectivity index is 1.60. The molecule has 1 heterocycles. The van der Waals surface area contributed by atoms with E-state index in [1.165, 1.54) is 6.07 Å². The molecular weight excluding hydrogens is 499 g/mol. The molecule has 1 saturated heterocycles. The van der Waals surface area contributed by atoms with E-state index in [-0.39, 0.29) is 43.7 Å². The highest BCUT2D eigenvalue weighted by atomic mass is 19.3. The molecule has 0 radical (unpaired) electrons. The third-order valence-corrected chi connectivity index (χ3v) is 6.90. The van der Waals surface area contributed by atoms with Crippen LogP contribution in [0.2, 0.25) is 0 Å². The van der Waals surface area contributed by atoms with Gasteiger partial charge >= 0.3 is 12.6 Å². The Labute approximate surface area is 222 Å². The molecule has 0 spiro atoms. The van der Waals surface area contributed by atoms with Gasteiger partial charge in [0.25, 0.3) is 0 Å². The van der Waals surface area contributed by atoms with Crippen molar-refractivity contribution in [2.24, 2.45) is 0 Å². The minimum atomic E-state index is -3.01. The highest BCUT2D eigenvalue weighted by Gasteiger charge is 2.27. The summed E-state index contributed by atoms with van der Waals surface area (Å²) in [7, 11) is 0. The van der Waals surface area contributed by atoms with Crippen LogP contribution in [0.5, 0.6) is 5.75 Å². The lowest BCUT2D eigenvalue weighted by Gasteiger charge is -2.28. The average molecular weight is 538 g/mol. The molecule has 1 N–H and O–H groups in total. The fourth-order valence-electron chi connectivity index (χ4n) is 4.97. The zero-order valence-electron chi connectivity index (χ0n) is 22.3. The number of ether oxygens (including phenoxy) is 3. The first-order chi connectivity index (χ1) is 18.2. The molecular formula is C29H38F3NO5. The number of nitrogens with zero attached hydrogens (tertiary/aromatic N) is 1. The Kier molecular flexibility index (Phi) is 11.4. The van der Waals surface area contributed by atoms with Crippen molar-refractivity contribution >= 4 is 5.97 Å². The van der Waals surface area contributed by atoms with Crippen molar-refractivity contribution < 1.29 is 37.3 Å². The second kappa shape index (κ2) is 14.5. The molecule has 0 aromatic heterocycles. The lowest BCUT2D eigenvalue weighted by molar-refractivity contribution is -0.143. The molecule has 38 heavy (non-hydrogen) atoms. The largest absolute Gasteiger partial charge is 0.466 e. The van der Waals surface area contributed by atoms with E-state index in [0.29, 0.717) is 29.7 Å². The number of carbonyl (C=O) groups is 1. The van der Waals surface area contributed by atoms with Crippen molar-refractivity contribution in [1.29, 1.82) is 0 Å². The summed E-state index contributed by atoms with van der Waals surface area (Å²) in [5.74, 6) is -0.646. The Bertz CT molecular complexity index is 1050. The normalized spacial score (nSPS) is 17.5. The number of aryl methyl sites for hydroxylation is 1. The van der Waals surface area contributed by atoms with Crippen molar-refractivity contribution in [2.75, 3.05) is 26.3 Å². The first kappa shape index (κ1) is 29.9. The molecule has 2 aromatic carbocycles. The number of likely N-dealkylation sites (tertiary alicyclic amines) is 1. The molecule has 0 unspecified atom stereocenters. The fourth-order valence-corrected chi connectivity index (χ4v) is 4.97. The van der Waals surface area contributed by atoms with E-state index in [0.717, 1.165) is 24.9 Å². The molecule has 2 aromatic rings. The number of β-amino-alcohol motifs (C(OH)–C–C–N with tert-alkyl or cyclic N) is 1. The van der Waals surface area contributed by atoms with Gasteiger partial charge in [-0.1, -0.05) is 24.3 Å². The number of hydrogen-bond acceptors (Lipinski definition) is 6. The zero-order valence-corrected chi connectivity index (χ0v) is 22.3. The van der Waals surface area contributed by atoms with Crippen LogP contribution in [0.25, 0.3) is 0 Å². The van der Waals surface area contributed by atoms with E-state index in [4.69, 9.17) is 14.2 Å². The van der Waals surface area contributed by atoms with Gasteiger partial charge in [0, 0.05) is 24.6 Å². The van der Waals surface area contributed by atoms with Crippen LogP contribution in [0.1, 0.15) is 61.5 Å². The number of hydrogen-bond donors (Lipinski definition) is 1. The van der Waals surface area contributed by atoms with Gasteiger partial charge in [-0.3, -0.25) is 9.69 Å². The smallest absolute Gasteiger partial charge is 0.387 e. The first-order valence-corrected chi connectivity index (χ1v) is 13.2. The summed E-state index contributed by atoms with van der Waals surface area (Å²) in [6, 6.07) is 10.3. The van der Waals surface area contributed by atoms with Crippen LogP contribution >= 0.6 is 0 Å². The minimum absolute atomic E-state index is 0.00903. The van der Waals surface area contributed by atoms with Gasteiger partial charge in [0.05, 0.1) is 25.4 Å². The summed E-state index contributed by atoms with van der Waals surface area (Å²) in [6.45, 7) is 3.74. The van der Waals surface area contributed by atoms with E-state index in [1.807, 2.05) is 6.07 Å². The van der Waals surface area contributed by atoms with Gasteiger partial charge in [-0.25, -0.2) is 4.39 Å². The molecule has 6 nitrogen and oxygen atoms in total. The number of carbonyl (C=O) groups excluding carboxylic acids is 1. The molecule has 3 rings (SSSR count). The van der Waals surface area contributed by atoms with Crippen LogP contribution in [0, 0.1) is 12.7 Å². The van der Waals surface area contributed by atoms with E-state index in [9.17, 15) is 23.1 Å². The third-order valence-electron chi connectivity index (χ3n) is 6.90. The van der Waals surface area contributed by atoms with Crippen molar-refractivity contribution in [2.45, 2.75) is 77.7 Å². The summed E-state index contributed by atoms with van der Waals surface area (Å²) in [6.07, 6.45) is 1.55. The van der Waals surface area contributed by atoms with Crippen molar-refractivity contribution in [3.8, 4) is 5.75 Å². The number of alkyl halides is 2. The van der Waals surface area contributed by atoms with Gasteiger partial charge in [-0.2, -0.15) is 8.78 Å². The van der Waals surface area contributed by atoms with Gasteiger partial charge in [-0.05, 0) is 81.8 Å². The van der Waals surface area contributed by atoms with E-state index < -0.39 is 24.8 Å². The summed E-state index contributed by atoms with van der Waals surface area (Å²) in [4.78, 5) is 14.1. The van der Waals surface area contributed by atoms with Gasteiger partial charge in [-0.15, -0.1) is 0 Å². The number of esters is 1. The Morgan fingerprint density at radius 1 is 1.24 bits per heavy atom. The maximum Gasteiger partial charge on any atom is 0.387 e. The Morgan fingerprint density at radius 3 is 2.74 bits per heavy atom. The predicted octanol–water partition coefficient (Wildman–Crippen LogP) is 5.38. The number of aliphatic hydroxyl groups excluding tert-OH is 1. The number of halogens is 3. The van der Waals surface area contributed by atoms with E-state index in [2.05, 4.69) is 4.90 Å². The van der Waals surface area contributed by atoms with Gasteiger partial charge in [0.15, 0.2) is 0 Å². The lowest BCUT2D eigenvalue weighted by atomic mass is 9.98. The van der Waals surface area contributed by atoms with Gasteiger partial charge in [0.1, 0.15) is 11.6 Å². The molecule has 210 valence electrons. The summed E-state index contributed by atoms with van der Waals surface area (Å²) in [5, 5.41) is 10.7. The van der Waals surface area contributed by atoms with Crippen molar-refractivity contribution in [3.05, 3.63) is 64.5 Å². The topological polar surface area (TPSA) is 68.2 Å². The summed E-state index contributed by atoms with van der Waals surface area (Å²) >= 11 is 0. The second-order valence-electron chi connectivity index (χ2n) is 9.72.